The first kappa shape index (κ1) is 15.9. The van der Waals surface area contributed by atoms with Crippen molar-refractivity contribution in [3.63, 3.8) is 0 Å². The van der Waals surface area contributed by atoms with Crippen molar-refractivity contribution in [2.45, 2.75) is 38.7 Å². The smallest absolute Gasteiger partial charge is 0.136 e. The number of benzene rings is 1. The first-order valence-electron chi connectivity index (χ1n) is 7.83. The van der Waals surface area contributed by atoms with Crippen molar-refractivity contribution in [2.75, 3.05) is 7.11 Å². The second-order valence-electron chi connectivity index (χ2n) is 6.73. The summed E-state index contributed by atoms with van der Waals surface area (Å²) in [5, 5.41) is 19.3. The van der Waals surface area contributed by atoms with Gasteiger partial charge in [0.1, 0.15) is 11.5 Å². The van der Waals surface area contributed by atoms with Crippen LogP contribution in [0.2, 0.25) is 0 Å². The van der Waals surface area contributed by atoms with Crippen LogP contribution in [-0.4, -0.2) is 35.0 Å². The summed E-state index contributed by atoms with van der Waals surface area (Å²) in [6, 6.07) is 7.69. The van der Waals surface area contributed by atoms with Gasteiger partial charge in [0.25, 0.3) is 0 Å². The Bertz CT molecular complexity index is 689. The average molecular weight is 314 g/mol. The van der Waals surface area contributed by atoms with Gasteiger partial charge in [0.15, 0.2) is 0 Å². The third-order valence-electron chi connectivity index (χ3n) is 5.01. The highest BCUT2D eigenvalue weighted by Crippen LogP contribution is 2.48. The molecule has 0 radical (unpaired) electrons. The molecule has 1 aliphatic carbocycles. The van der Waals surface area contributed by atoms with Gasteiger partial charge < -0.3 is 9.84 Å². The molecule has 2 aliphatic rings. The summed E-state index contributed by atoms with van der Waals surface area (Å²) >= 11 is 0. The highest BCUT2D eigenvalue weighted by atomic mass is 16.5. The second kappa shape index (κ2) is 5.57. The minimum atomic E-state index is -1.12. The molecule has 23 heavy (non-hydrogen) atoms. The number of hydrogen-bond donors (Lipinski definition) is 1. The van der Waals surface area contributed by atoms with E-state index < -0.39 is 11.5 Å². The molecule has 122 valence electrons. The molecule has 5 nitrogen and oxygen atoms in total. The second-order valence-corrected chi connectivity index (χ2v) is 6.73. The molecule has 1 aromatic rings. The van der Waals surface area contributed by atoms with Gasteiger partial charge in [-0.05, 0) is 38.5 Å². The standard InChI is InChI=1S/C18H22N2O3/c1-10-15-14(20-19-10)9-18(3,22)17(11(2)21)16(15)12-5-7-13(23-4)8-6-12/h5-8,15-17,22H,9H2,1-4H3/t15-,16+,17-,18-/m0/s1. The van der Waals surface area contributed by atoms with Crippen LogP contribution in [0, 0.1) is 11.8 Å². The van der Waals surface area contributed by atoms with Gasteiger partial charge in [-0.2, -0.15) is 10.2 Å². The number of fused-ring (bicyclic) bond motifs is 1. The van der Waals surface area contributed by atoms with Gasteiger partial charge in [-0.25, -0.2) is 0 Å². The lowest BCUT2D eigenvalue weighted by atomic mass is 9.59. The summed E-state index contributed by atoms with van der Waals surface area (Å²) in [7, 11) is 1.62. The maximum atomic E-state index is 12.4. The molecule has 0 saturated heterocycles. The number of methoxy groups -OCH3 is 1. The van der Waals surface area contributed by atoms with Crippen LogP contribution in [-0.2, 0) is 4.79 Å². The fraction of sp³-hybridized carbons (Fsp3) is 0.500. The first-order chi connectivity index (χ1) is 10.8. The zero-order valence-electron chi connectivity index (χ0n) is 13.9. The Labute approximate surface area is 136 Å². The van der Waals surface area contributed by atoms with E-state index in [1.165, 1.54) is 0 Å². The SMILES string of the molecule is COc1ccc([C@@H]2[C@H]3C(C)=NN=C3C[C@](C)(O)[C@H]2C(C)=O)cc1. The van der Waals surface area contributed by atoms with Crippen molar-refractivity contribution in [2.24, 2.45) is 22.0 Å². The van der Waals surface area contributed by atoms with Crippen molar-refractivity contribution in [1.29, 1.82) is 0 Å². The van der Waals surface area contributed by atoms with E-state index in [-0.39, 0.29) is 17.6 Å². The number of hydrogen-bond acceptors (Lipinski definition) is 5. The molecule has 1 aromatic carbocycles. The topological polar surface area (TPSA) is 71.2 Å². The molecule has 1 N–H and O–H groups in total. The third-order valence-corrected chi connectivity index (χ3v) is 5.01. The molecular formula is C18H22N2O3. The summed E-state index contributed by atoms with van der Waals surface area (Å²) in [6.07, 6.45) is 0.384. The summed E-state index contributed by atoms with van der Waals surface area (Å²) in [4.78, 5) is 12.4. The van der Waals surface area contributed by atoms with Crippen LogP contribution in [0.5, 0.6) is 5.75 Å². The van der Waals surface area contributed by atoms with Crippen LogP contribution in [0.4, 0.5) is 0 Å². The number of carbonyl (C=O) groups excluding carboxylic acids is 1. The van der Waals surface area contributed by atoms with Gasteiger partial charge in [-0.1, -0.05) is 12.1 Å². The van der Waals surface area contributed by atoms with Crippen molar-refractivity contribution in [3.05, 3.63) is 29.8 Å². The van der Waals surface area contributed by atoms with Crippen LogP contribution in [0.25, 0.3) is 0 Å². The molecule has 0 amide bonds. The predicted octanol–water partition coefficient (Wildman–Crippen LogP) is 2.59. The number of ether oxygens (including phenoxy) is 1. The van der Waals surface area contributed by atoms with Crippen molar-refractivity contribution < 1.29 is 14.6 Å². The molecule has 4 atom stereocenters. The molecule has 1 fully saturated rings. The van der Waals surface area contributed by atoms with Gasteiger partial charge >= 0.3 is 0 Å². The molecule has 0 unspecified atom stereocenters. The van der Waals surface area contributed by atoms with Gasteiger partial charge in [0.05, 0.1) is 24.3 Å². The van der Waals surface area contributed by atoms with Crippen LogP contribution in [0.1, 0.15) is 38.7 Å². The molecule has 0 aromatic heterocycles. The Kier molecular flexibility index (Phi) is 3.84. The normalized spacial score (nSPS) is 32.8. The lowest BCUT2D eigenvalue weighted by Gasteiger charge is -2.45. The molecule has 0 spiro atoms. The number of ketones is 1. The van der Waals surface area contributed by atoms with E-state index in [0.717, 1.165) is 22.7 Å². The van der Waals surface area contributed by atoms with E-state index in [2.05, 4.69) is 10.2 Å². The van der Waals surface area contributed by atoms with E-state index in [1.807, 2.05) is 31.2 Å². The van der Waals surface area contributed by atoms with Crippen LogP contribution in [0.3, 0.4) is 0 Å². The number of Topliss-reactive ketones (excluding diaryl/α,β-unsaturated/α-hetero) is 1. The molecule has 1 heterocycles. The fourth-order valence-electron chi connectivity index (χ4n) is 4.08. The Morgan fingerprint density at radius 3 is 2.52 bits per heavy atom. The maximum Gasteiger partial charge on any atom is 0.136 e. The van der Waals surface area contributed by atoms with Gasteiger partial charge in [0, 0.05) is 24.0 Å². The average Bonchev–Trinajstić information content (AvgIpc) is 2.85. The fourth-order valence-corrected chi connectivity index (χ4v) is 4.08. The van der Waals surface area contributed by atoms with Crippen molar-refractivity contribution >= 4 is 17.2 Å². The van der Waals surface area contributed by atoms with Gasteiger partial charge in [0.2, 0.25) is 0 Å². The zero-order valence-corrected chi connectivity index (χ0v) is 13.9. The molecule has 0 bridgehead atoms. The third kappa shape index (κ3) is 2.59. The Morgan fingerprint density at radius 2 is 1.96 bits per heavy atom. The largest absolute Gasteiger partial charge is 0.497 e. The predicted molar refractivity (Wildman–Crippen MR) is 89.2 cm³/mol. The van der Waals surface area contributed by atoms with Gasteiger partial charge in [-0.3, -0.25) is 4.79 Å². The number of carbonyl (C=O) groups is 1. The summed E-state index contributed by atoms with van der Waals surface area (Å²) in [5.74, 6) is 0.101. The molecular weight excluding hydrogens is 292 g/mol. The number of nitrogens with zero attached hydrogens (tertiary/aromatic N) is 2. The highest BCUT2D eigenvalue weighted by molar-refractivity contribution is 6.12. The lowest BCUT2D eigenvalue weighted by Crippen LogP contribution is -2.53. The minimum Gasteiger partial charge on any atom is -0.497 e. The van der Waals surface area contributed by atoms with E-state index in [1.54, 1.807) is 21.0 Å². The van der Waals surface area contributed by atoms with Crippen LogP contribution >= 0.6 is 0 Å². The van der Waals surface area contributed by atoms with E-state index in [0.29, 0.717) is 6.42 Å². The minimum absolute atomic E-state index is 0.00503. The van der Waals surface area contributed by atoms with Crippen molar-refractivity contribution in [3.8, 4) is 5.75 Å². The molecule has 3 rings (SSSR count). The highest BCUT2D eigenvalue weighted by Gasteiger charge is 2.53. The lowest BCUT2D eigenvalue weighted by molar-refractivity contribution is -0.131. The summed E-state index contributed by atoms with van der Waals surface area (Å²) < 4.78 is 5.22. The summed E-state index contributed by atoms with van der Waals surface area (Å²) in [5.41, 5.74) is 1.65. The summed E-state index contributed by atoms with van der Waals surface area (Å²) in [6.45, 7) is 5.22. The Morgan fingerprint density at radius 1 is 1.30 bits per heavy atom. The van der Waals surface area contributed by atoms with E-state index >= 15 is 0 Å². The quantitative estimate of drug-likeness (QED) is 0.932. The monoisotopic (exact) mass is 314 g/mol. The maximum absolute atomic E-state index is 12.4. The van der Waals surface area contributed by atoms with E-state index in [4.69, 9.17) is 4.74 Å². The number of rotatable bonds is 3. The van der Waals surface area contributed by atoms with Crippen LogP contribution < -0.4 is 4.74 Å². The Hall–Kier alpha value is -2.01. The Balaban J connectivity index is 2.11. The molecule has 1 saturated carbocycles. The molecule has 5 heteroatoms. The van der Waals surface area contributed by atoms with E-state index in [9.17, 15) is 9.90 Å². The first-order valence-corrected chi connectivity index (χ1v) is 7.83. The molecule has 1 aliphatic heterocycles. The van der Waals surface area contributed by atoms with Crippen molar-refractivity contribution in [1.82, 2.24) is 0 Å². The zero-order chi connectivity index (χ0) is 16.8. The van der Waals surface area contributed by atoms with Gasteiger partial charge in [-0.15, -0.1) is 0 Å². The number of aliphatic hydroxyl groups is 1. The van der Waals surface area contributed by atoms with Crippen LogP contribution in [0.15, 0.2) is 34.5 Å².